The number of hydrogen-bond acceptors (Lipinski definition) is 2. The maximum absolute atomic E-state index is 12.5. The summed E-state index contributed by atoms with van der Waals surface area (Å²) < 4.78 is 2.91. The van der Waals surface area contributed by atoms with Crippen molar-refractivity contribution >= 4 is 21.8 Å². The Morgan fingerprint density at radius 1 is 1.61 bits per heavy atom. The highest BCUT2D eigenvalue weighted by Gasteiger charge is 2.28. The van der Waals surface area contributed by atoms with Gasteiger partial charge in [0, 0.05) is 36.3 Å². The fraction of sp³-hybridized carbons (Fsp3) is 0.615. The summed E-state index contributed by atoms with van der Waals surface area (Å²) in [5, 5.41) is 0. The molecule has 5 heteroatoms. The molecule has 2 unspecified atom stereocenters. The van der Waals surface area contributed by atoms with Crippen molar-refractivity contribution in [2.24, 2.45) is 11.7 Å². The Bertz CT molecular complexity index is 443. The topological polar surface area (TPSA) is 51.3 Å². The molecule has 0 aliphatic carbocycles. The molecular weight excluding hydrogens is 294 g/mol. The fourth-order valence-corrected chi connectivity index (χ4v) is 2.83. The molecule has 18 heavy (non-hydrogen) atoms. The number of aromatic nitrogens is 1. The number of nitrogens with two attached hydrogens (primary N) is 1. The molecule has 1 aliphatic heterocycles. The van der Waals surface area contributed by atoms with E-state index in [0.29, 0.717) is 12.5 Å². The van der Waals surface area contributed by atoms with Gasteiger partial charge in [0.2, 0.25) is 0 Å². The normalized spacial score (nSPS) is 24.3. The summed E-state index contributed by atoms with van der Waals surface area (Å²) in [6, 6.07) is 1.98. The van der Waals surface area contributed by atoms with Crippen LogP contribution in [-0.4, -0.2) is 34.5 Å². The van der Waals surface area contributed by atoms with Crippen molar-refractivity contribution < 1.29 is 4.79 Å². The third-order valence-electron chi connectivity index (χ3n) is 3.73. The van der Waals surface area contributed by atoms with Crippen LogP contribution < -0.4 is 5.73 Å². The first-order chi connectivity index (χ1) is 8.52. The third-order valence-corrected chi connectivity index (χ3v) is 4.16. The quantitative estimate of drug-likeness (QED) is 0.909. The molecule has 0 aromatic carbocycles. The zero-order valence-electron chi connectivity index (χ0n) is 10.9. The SMILES string of the molecule is CCn1cc(Br)cc1C(=O)N1CCC(C)C(N)C1. The molecule has 1 aromatic heterocycles. The largest absolute Gasteiger partial charge is 0.343 e. The summed E-state index contributed by atoms with van der Waals surface area (Å²) in [6.07, 6.45) is 2.93. The Morgan fingerprint density at radius 2 is 2.33 bits per heavy atom. The third kappa shape index (κ3) is 2.62. The van der Waals surface area contributed by atoms with E-state index in [1.165, 1.54) is 0 Å². The van der Waals surface area contributed by atoms with Crippen molar-refractivity contribution in [2.75, 3.05) is 13.1 Å². The van der Waals surface area contributed by atoms with Crippen LogP contribution in [0, 0.1) is 5.92 Å². The van der Waals surface area contributed by atoms with E-state index in [9.17, 15) is 4.79 Å². The molecule has 2 atom stereocenters. The summed E-state index contributed by atoms with van der Waals surface area (Å²) >= 11 is 3.42. The van der Waals surface area contributed by atoms with Gasteiger partial charge in [-0.25, -0.2) is 0 Å². The zero-order chi connectivity index (χ0) is 13.3. The van der Waals surface area contributed by atoms with Crippen LogP contribution in [0.5, 0.6) is 0 Å². The van der Waals surface area contributed by atoms with E-state index >= 15 is 0 Å². The van der Waals surface area contributed by atoms with Crippen molar-refractivity contribution in [1.82, 2.24) is 9.47 Å². The molecule has 1 aliphatic rings. The van der Waals surface area contributed by atoms with Gasteiger partial charge in [-0.05, 0) is 41.3 Å². The van der Waals surface area contributed by atoms with Crippen molar-refractivity contribution in [2.45, 2.75) is 32.9 Å². The minimum atomic E-state index is 0.0879. The molecule has 4 nitrogen and oxygen atoms in total. The van der Waals surface area contributed by atoms with Crippen molar-refractivity contribution in [3.05, 3.63) is 22.4 Å². The summed E-state index contributed by atoms with van der Waals surface area (Å²) in [6.45, 7) is 6.45. The number of piperidine rings is 1. The van der Waals surface area contributed by atoms with Gasteiger partial charge in [-0.2, -0.15) is 0 Å². The van der Waals surface area contributed by atoms with Gasteiger partial charge in [0.25, 0.3) is 5.91 Å². The first-order valence-electron chi connectivity index (χ1n) is 6.43. The minimum Gasteiger partial charge on any atom is -0.343 e. The second-order valence-corrected chi connectivity index (χ2v) is 5.93. The van der Waals surface area contributed by atoms with Crippen LogP contribution in [0.2, 0.25) is 0 Å². The van der Waals surface area contributed by atoms with Crippen molar-refractivity contribution in [1.29, 1.82) is 0 Å². The van der Waals surface area contributed by atoms with E-state index in [2.05, 4.69) is 22.9 Å². The Labute approximate surface area is 116 Å². The lowest BCUT2D eigenvalue weighted by molar-refractivity contribution is 0.0661. The van der Waals surface area contributed by atoms with E-state index in [0.717, 1.165) is 29.7 Å². The van der Waals surface area contributed by atoms with Crippen LogP contribution in [0.15, 0.2) is 16.7 Å². The molecule has 2 rings (SSSR count). The molecule has 100 valence electrons. The van der Waals surface area contributed by atoms with Crippen molar-refractivity contribution in [3.63, 3.8) is 0 Å². The number of amides is 1. The van der Waals surface area contributed by atoms with Crippen molar-refractivity contribution in [3.8, 4) is 0 Å². The van der Waals surface area contributed by atoms with E-state index in [-0.39, 0.29) is 11.9 Å². The molecule has 0 saturated carbocycles. The number of halogens is 1. The van der Waals surface area contributed by atoms with Crippen LogP contribution in [0.3, 0.4) is 0 Å². The van der Waals surface area contributed by atoms with Crippen LogP contribution in [0.25, 0.3) is 0 Å². The van der Waals surface area contributed by atoms with E-state index in [1.54, 1.807) is 0 Å². The first kappa shape index (κ1) is 13.6. The molecule has 1 saturated heterocycles. The molecule has 1 fully saturated rings. The summed E-state index contributed by atoms with van der Waals surface area (Å²) in [5.74, 6) is 0.587. The molecule has 2 heterocycles. The number of aryl methyl sites for hydroxylation is 1. The van der Waals surface area contributed by atoms with Gasteiger partial charge in [-0.15, -0.1) is 0 Å². The highest BCUT2D eigenvalue weighted by atomic mass is 79.9. The summed E-state index contributed by atoms with van der Waals surface area (Å²) in [4.78, 5) is 14.3. The van der Waals surface area contributed by atoms with E-state index in [1.807, 2.05) is 28.7 Å². The molecule has 1 aromatic rings. The van der Waals surface area contributed by atoms with Gasteiger partial charge in [0.15, 0.2) is 0 Å². The number of hydrogen-bond donors (Lipinski definition) is 1. The van der Waals surface area contributed by atoms with Crippen LogP contribution in [-0.2, 0) is 6.54 Å². The molecule has 0 spiro atoms. The number of likely N-dealkylation sites (tertiary alicyclic amines) is 1. The number of nitrogens with zero attached hydrogens (tertiary/aromatic N) is 2. The van der Waals surface area contributed by atoms with Gasteiger partial charge in [0.1, 0.15) is 5.69 Å². The van der Waals surface area contributed by atoms with E-state index in [4.69, 9.17) is 5.73 Å². The predicted molar refractivity (Wildman–Crippen MR) is 75.5 cm³/mol. The molecule has 0 bridgehead atoms. The maximum atomic E-state index is 12.5. The zero-order valence-corrected chi connectivity index (χ0v) is 12.5. The lowest BCUT2D eigenvalue weighted by Crippen LogP contribution is -2.50. The van der Waals surface area contributed by atoms with Gasteiger partial charge < -0.3 is 15.2 Å². The van der Waals surface area contributed by atoms with Crippen LogP contribution in [0.4, 0.5) is 0 Å². The van der Waals surface area contributed by atoms with Gasteiger partial charge in [0.05, 0.1) is 0 Å². The van der Waals surface area contributed by atoms with Gasteiger partial charge in [-0.3, -0.25) is 4.79 Å². The summed E-state index contributed by atoms with van der Waals surface area (Å²) in [5.41, 5.74) is 6.79. The second kappa shape index (κ2) is 5.45. The Hall–Kier alpha value is -0.810. The lowest BCUT2D eigenvalue weighted by Gasteiger charge is -2.35. The highest BCUT2D eigenvalue weighted by molar-refractivity contribution is 9.10. The number of carbonyl (C=O) groups excluding carboxylic acids is 1. The van der Waals surface area contributed by atoms with Gasteiger partial charge in [-0.1, -0.05) is 6.92 Å². The Morgan fingerprint density at radius 3 is 2.94 bits per heavy atom. The Kier molecular flexibility index (Phi) is 4.12. The van der Waals surface area contributed by atoms with Crippen LogP contribution >= 0.6 is 15.9 Å². The summed E-state index contributed by atoms with van der Waals surface area (Å²) in [7, 11) is 0. The molecular formula is C13H20BrN3O. The highest BCUT2D eigenvalue weighted by Crippen LogP contribution is 2.20. The lowest BCUT2D eigenvalue weighted by atomic mass is 9.94. The smallest absolute Gasteiger partial charge is 0.270 e. The van der Waals surface area contributed by atoms with Crippen LogP contribution in [0.1, 0.15) is 30.8 Å². The number of carbonyl (C=O) groups is 1. The minimum absolute atomic E-state index is 0.0879. The Balaban J connectivity index is 2.16. The predicted octanol–water partition coefficient (Wildman–Crippen LogP) is 2.08. The second-order valence-electron chi connectivity index (χ2n) is 5.01. The number of rotatable bonds is 2. The first-order valence-corrected chi connectivity index (χ1v) is 7.22. The molecule has 1 amide bonds. The maximum Gasteiger partial charge on any atom is 0.270 e. The average Bonchev–Trinajstić information content (AvgIpc) is 2.73. The van der Waals surface area contributed by atoms with E-state index < -0.39 is 0 Å². The standard InChI is InChI=1S/C13H20BrN3O/c1-3-16-7-10(14)6-12(16)13(18)17-5-4-9(2)11(15)8-17/h6-7,9,11H,3-5,8,15H2,1-2H3. The average molecular weight is 314 g/mol. The monoisotopic (exact) mass is 313 g/mol. The molecule has 0 radical (unpaired) electrons. The molecule has 2 N–H and O–H groups in total. The van der Waals surface area contributed by atoms with Gasteiger partial charge >= 0.3 is 0 Å². The fourth-order valence-electron chi connectivity index (χ4n) is 2.36.